The molecular weight excluding hydrogens is 520 g/mol. The van der Waals surface area contributed by atoms with Crippen LogP contribution in [0.4, 0.5) is 0 Å². The maximum absolute atomic E-state index is 14.5. The third-order valence-corrected chi connectivity index (χ3v) is 13.8. The minimum absolute atomic E-state index is 0.0233. The lowest BCUT2D eigenvalue weighted by Gasteiger charge is -2.70. The molecule has 4 fully saturated rings. The molecule has 228 valence electrons. The molecule has 0 spiro atoms. The smallest absolute Gasteiger partial charge is 0.309 e. The quantitative estimate of drug-likeness (QED) is 0.348. The van der Waals surface area contributed by atoms with Gasteiger partial charge in [0.15, 0.2) is 5.78 Å². The van der Waals surface area contributed by atoms with Crippen LogP contribution in [0.1, 0.15) is 119 Å². The first-order valence-corrected chi connectivity index (χ1v) is 15.7. The molecule has 5 rings (SSSR count). The Kier molecular flexibility index (Phi) is 6.95. The summed E-state index contributed by atoms with van der Waals surface area (Å²) in [6.07, 6.45) is 8.80. The fourth-order valence-electron chi connectivity index (χ4n) is 11.0. The zero-order chi connectivity index (χ0) is 30.4. The summed E-state index contributed by atoms with van der Waals surface area (Å²) in [7, 11) is 0. The number of carbonyl (C=O) groups excluding carboxylic acids is 2. The fraction of sp³-hybridized carbons (Fsp3) is 0.824. The number of allylic oxidation sites excluding steroid dienone is 2. The van der Waals surface area contributed by atoms with Crippen molar-refractivity contribution in [1.29, 1.82) is 0 Å². The monoisotopic (exact) mass is 570 g/mol. The lowest BCUT2D eigenvalue weighted by Crippen LogP contribution is -2.66. The predicted molar refractivity (Wildman–Crippen MR) is 154 cm³/mol. The highest BCUT2D eigenvalue weighted by Crippen LogP contribution is 2.75. The minimum Gasteiger partial charge on any atom is -0.481 e. The summed E-state index contributed by atoms with van der Waals surface area (Å²) in [5.74, 6) is -1.87. The summed E-state index contributed by atoms with van der Waals surface area (Å²) in [5, 5.41) is 19.1. The van der Waals surface area contributed by atoms with Crippen LogP contribution in [0.25, 0.3) is 0 Å². The number of fused-ring (bicyclic) bond motifs is 7. The fourth-order valence-corrected chi connectivity index (χ4v) is 11.0. The molecule has 2 N–H and O–H groups in total. The number of hydrogen-bond acceptors (Lipinski definition) is 5. The Morgan fingerprint density at radius 3 is 2.17 bits per heavy atom. The molecular formula is C34H50O7. The number of ether oxygens (including phenoxy) is 1. The standard InChI is InChI=1S/C34H50O7/c1-29(2)23-10-13-34(7)27(32(23,5)12-11-24(29)41-26(38)9-8-25(36)37)22(35)18-20-21-19-31(4,28(39)40)15-14-30(21,3)16-17-33(20,34)6/h18,21,23-24,27H,8-17,19H2,1-7H3,(H,36,37)(H,39,40)/t21-,23?,24+,27-,30-,31-,32+,33-,34-/m0/s1. The number of carboxylic acid groups (broad SMARTS) is 2. The van der Waals surface area contributed by atoms with E-state index in [1.807, 2.05) is 13.0 Å². The molecule has 5 aliphatic rings. The Hall–Kier alpha value is -2.18. The van der Waals surface area contributed by atoms with Crippen molar-refractivity contribution >= 4 is 23.7 Å². The molecule has 0 heterocycles. The van der Waals surface area contributed by atoms with E-state index in [4.69, 9.17) is 9.84 Å². The first-order valence-electron chi connectivity index (χ1n) is 15.7. The van der Waals surface area contributed by atoms with Gasteiger partial charge in [-0.1, -0.05) is 47.1 Å². The van der Waals surface area contributed by atoms with Crippen molar-refractivity contribution in [2.75, 3.05) is 0 Å². The van der Waals surface area contributed by atoms with Crippen molar-refractivity contribution in [2.45, 2.75) is 125 Å². The SMILES string of the molecule is CC1(C)C2CC[C@@]3(C)[C@@H](C(=O)C=C4[C@@H]5C[C@@](C)(C(=O)O)CC[C@@]5(C)CC[C@@]43C)[C@]2(C)CC[C@H]1OC(=O)CCC(=O)O. The second-order valence-electron chi connectivity index (χ2n) is 16.3. The number of carboxylic acids is 2. The zero-order valence-electron chi connectivity index (χ0n) is 26.1. The van der Waals surface area contributed by atoms with Crippen LogP contribution in [0.3, 0.4) is 0 Å². The zero-order valence-corrected chi connectivity index (χ0v) is 26.1. The Labute approximate surface area is 244 Å². The van der Waals surface area contributed by atoms with E-state index in [2.05, 4.69) is 41.5 Å². The Bertz CT molecular complexity index is 1200. The molecule has 1 unspecified atom stereocenters. The van der Waals surface area contributed by atoms with Crippen molar-refractivity contribution in [3.8, 4) is 0 Å². The van der Waals surface area contributed by atoms with E-state index >= 15 is 0 Å². The molecule has 0 aromatic carbocycles. The van der Waals surface area contributed by atoms with Crippen LogP contribution in [-0.2, 0) is 23.9 Å². The molecule has 5 aliphatic carbocycles. The van der Waals surface area contributed by atoms with Crippen molar-refractivity contribution in [2.24, 2.45) is 50.2 Å². The van der Waals surface area contributed by atoms with Gasteiger partial charge in [0.2, 0.25) is 0 Å². The highest BCUT2D eigenvalue weighted by atomic mass is 16.5. The van der Waals surface area contributed by atoms with E-state index in [0.29, 0.717) is 19.3 Å². The van der Waals surface area contributed by atoms with Gasteiger partial charge in [0, 0.05) is 11.3 Å². The van der Waals surface area contributed by atoms with Gasteiger partial charge in [-0.3, -0.25) is 19.2 Å². The van der Waals surface area contributed by atoms with Gasteiger partial charge in [-0.2, -0.15) is 0 Å². The lowest BCUT2D eigenvalue weighted by molar-refractivity contribution is -0.211. The highest BCUT2D eigenvalue weighted by molar-refractivity contribution is 5.95. The maximum atomic E-state index is 14.5. The van der Waals surface area contributed by atoms with Gasteiger partial charge in [-0.15, -0.1) is 0 Å². The second kappa shape index (κ2) is 9.41. The molecule has 41 heavy (non-hydrogen) atoms. The van der Waals surface area contributed by atoms with Crippen molar-refractivity contribution in [3.63, 3.8) is 0 Å². The van der Waals surface area contributed by atoms with E-state index in [0.717, 1.165) is 38.5 Å². The molecule has 0 aromatic heterocycles. The Balaban J connectivity index is 1.49. The van der Waals surface area contributed by atoms with E-state index in [1.165, 1.54) is 5.57 Å². The summed E-state index contributed by atoms with van der Waals surface area (Å²) >= 11 is 0. The molecule has 4 saturated carbocycles. The topological polar surface area (TPSA) is 118 Å². The van der Waals surface area contributed by atoms with E-state index < -0.39 is 23.3 Å². The van der Waals surface area contributed by atoms with Gasteiger partial charge >= 0.3 is 17.9 Å². The number of rotatable bonds is 5. The number of hydrogen-bond donors (Lipinski definition) is 2. The Morgan fingerprint density at radius 2 is 1.54 bits per heavy atom. The number of carbonyl (C=O) groups is 4. The van der Waals surface area contributed by atoms with Crippen molar-refractivity contribution < 1.29 is 34.1 Å². The first kappa shape index (κ1) is 30.3. The molecule has 0 aromatic rings. The van der Waals surface area contributed by atoms with Crippen LogP contribution in [0.2, 0.25) is 0 Å². The second-order valence-corrected chi connectivity index (χ2v) is 16.3. The summed E-state index contributed by atoms with van der Waals surface area (Å²) in [4.78, 5) is 50.3. The number of ketones is 1. The van der Waals surface area contributed by atoms with Gasteiger partial charge in [0.25, 0.3) is 0 Å². The average Bonchev–Trinajstić information content (AvgIpc) is 2.86. The van der Waals surface area contributed by atoms with E-state index in [1.54, 1.807) is 0 Å². The average molecular weight is 571 g/mol. The lowest BCUT2D eigenvalue weighted by atomic mass is 9.33. The third-order valence-electron chi connectivity index (χ3n) is 13.8. The predicted octanol–water partition coefficient (Wildman–Crippen LogP) is 6.83. The summed E-state index contributed by atoms with van der Waals surface area (Å²) < 4.78 is 5.91. The van der Waals surface area contributed by atoms with Gasteiger partial charge in [0.1, 0.15) is 6.10 Å². The largest absolute Gasteiger partial charge is 0.481 e. The highest BCUT2D eigenvalue weighted by Gasteiger charge is 2.70. The molecule has 0 radical (unpaired) electrons. The van der Waals surface area contributed by atoms with Gasteiger partial charge in [-0.25, -0.2) is 0 Å². The van der Waals surface area contributed by atoms with Gasteiger partial charge in [-0.05, 0) is 104 Å². The molecule has 0 bridgehead atoms. The van der Waals surface area contributed by atoms with Crippen LogP contribution in [-0.4, -0.2) is 40.0 Å². The summed E-state index contributed by atoms with van der Waals surface area (Å²) in [6, 6.07) is 0. The molecule has 0 saturated heterocycles. The first-order chi connectivity index (χ1) is 18.8. The molecule has 0 aliphatic heterocycles. The maximum Gasteiger partial charge on any atom is 0.309 e. The van der Waals surface area contributed by atoms with Crippen molar-refractivity contribution in [1.82, 2.24) is 0 Å². The Morgan fingerprint density at radius 1 is 0.878 bits per heavy atom. The molecule has 0 amide bonds. The van der Waals surface area contributed by atoms with Gasteiger partial charge in [0.05, 0.1) is 18.3 Å². The van der Waals surface area contributed by atoms with E-state index in [-0.39, 0.29) is 69.6 Å². The van der Waals surface area contributed by atoms with E-state index in [9.17, 15) is 24.3 Å². The summed E-state index contributed by atoms with van der Waals surface area (Å²) in [6.45, 7) is 15.5. The number of aliphatic carboxylic acids is 2. The summed E-state index contributed by atoms with van der Waals surface area (Å²) in [5.41, 5.74) is -0.553. The van der Waals surface area contributed by atoms with Crippen LogP contribution < -0.4 is 0 Å². The third kappa shape index (κ3) is 4.25. The molecule has 9 atom stereocenters. The van der Waals surface area contributed by atoms with Gasteiger partial charge < -0.3 is 14.9 Å². The van der Waals surface area contributed by atoms with Crippen LogP contribution in [0, 0.1) is 50.2 Å². The number of esters is 1. The van der Waals surface area contributed by atoms with Crippen LogP contribution >= 0.6 is 0 Å². The normalized spacial score (nSPS) is 46.6. The molecule has 7 heteroatoms. The molecule has 7 nitrogen and oxygen atoms in total. The van der Waals surface area contributed by atoms with Crippen LogP contribution in [0.5, 0.6) is 0 Å². The van der Waals surface area contributed by atoms with Crippen molar-refractivity contribution in [3.05, 3.63) is 11.6 Å². The minimum atomic E-state index is -1.01. The van der Waals surface area contributed by atoms with Crippen LogP contribution in [0.15, 0.2) is 11.6 Å².